The molecule has 0 spiro atoms. The van der Waals surface area contributed by atoms with Gasteiger partial charge in [-0.15, -0.1) is 0 Å². The van der Waals surface area contributed by atoms with Crippen molar-refractivity contribution in [1.29, 1.82) is 0 Å². The smallest absolute Gasteiger partial charge is 0.227 e. The van der Waals surface area contributed by atoms with Crippen LogP contribution in [0.5, 0.6) is 0 Å². The second-order valence-corrected chi connectivity index (χ2v) is 4.93. The highest BCUT2D eigenvalue weighted by atomic mass is 79.9. The lowest BCUT2D eigenvalue weighted by Crippen LogP contribution is -2.40. The first-order valence-corrected chi connectivity index (χ1v) is 6.51. The Hall–Kier alpha value is -0.980. The average Bonchev–Trinajstić information content (AvgIpc) is 2.35. The summed E-state index contributed by atoms with van der Waals surface area (Å²) in [6, 6.07) is 4.36. The molecule has 1 atom stereocenters. The molecule has 0 saturated carbocycles. The van der Waals surface area contributed by atoms with Crippen LogP contribution in [-0.2, 0) is 9.53 Å². The number of hydrogen-bond acceptors (Lipinski definition) is 3. The number of amides is 1. The van der Waals surface area contributed by atoms with Gasteiger partial charge in [-0.1, -0.05) is 0 Å². The number of carbonyl (C=O) groups is 1. The summed E-state index contributed by atoms with van der Waals surface area (Å²) in [5.41, 5.74) is 0.567. The van der Waals surface area contributed by atoms with Crippen LogP contribution in [0.25, 0.3) is 0 Å². The van der Waals surface area contributed by atoms with Crippen LogP contribution < -0.4 is 10.6 Å². The van der Waals surface area contributed by atoms with Crippen molar-refractivity contribution in [2.75, 3.05) is 25.0 Å². The van der Waals surface area contributed by atoms with E-state index in [0.29, 0.717) is 29.7 Å². The van der Waals surface area contributed by atoms with Gasteiger partial charge in [0.05, 0.1) is 23.6 Å². The Labute approximate surface area is 113 Å². The lowest BCUT2D eigenvalue weighted by Gasteiger charge is -2.23. The first-order valence-electron chi connectivity index (χ1n) is 5.72. The van der Waals surface area contributed by atoms with E-state index < -0.39 is 0 Å². The Morgan fingerprint density at radius 2 is 2.44 bits per heavy atom. The van der Waals surface area contributed by atoms with Crippen molar-refractivity contribution < 1.29 is 13.9 Å². The third kappa shape index (κ3) is 3.76. The molecule has 1 heterocycles. The minimum absolute atomic E-state index is 0.0948. The predicted octanol–water partition coefficient (Wildman–Crippen LogP) is 1.91. The standard InChI is InChI=1S/C12H14BrFN2O2/c13-10-5-8(1-2-11(10)14)16-12(17)6-9-7-15-3-4-18-9/h1-2,5,9,15H,3-4,6-7H2,(H,16,17). The van der Waals surface area contributed by atoms with Crippen molar-refractivity contribution in [2.45, 2.75) is 12.5 Å². The van der Waals surface area contributed by atoms with Crippen molar-refractivity contribution >= 4 is 27.5 Å². The highest BCUT2D eigenvalue weighted by Crippen LogP contribution is 2.20. The van der Waals surface area contributed by atoms with Gasteiger partial charge in [0.1, 0.15) is 5.82 Å². The molecule has 0 aromatic heterocycles. The molecular weight excluding hydrogens is 303 g/mol. The fourth-order valence-corrected chi connectivity index (χ4v) is 2.12. The van der Waals surface area contributed by atoms with Crippen LogP contribution in [0.2, 0.25) is 0 Å². The highest BCUT2D eigenvalue weighted by Gasteiger charge is 2.17. The molecule has 2 N–H and O–H groups in total. The number of morpholine rings is 1. The lowest BCUT2D eigenvalue weighted by molar-refractivity contribution is -0.119. The Morgan fingerprint density at radius 1 is 1.61 bits per heavy atom. The molecule has 2 rings (SSSR count). The number of halogens is 2. The van der Waals surface area contributed by atoms with Crippen LogP contribution in [0.4, 0.5) is 10.1 Å². The van der Waals surface area contributed by atoms with Crippen LogP contribution in [-0.4, -0.2) is 31.7 Å². The summed E-state index contributed by atoms with van der Waals surface area (Å²) >= 11 is 3.07. The van der Waals surface area contributed by atoms with Crippen molar-refractivity contribution in [3.8, 4) is 0 Å². The third-order valence-corrected chi connectivity index (χ3v) is 3.23. The van der Waals surface area contributed by atoms with Gasteiger partial charge in [-0.05, 0) is 34.1 Å². The summed E-state index contributed by atoms with van der Waals surface area (Å²) in [7, 11) is 0. The Morgan fingerprint density at radius 3 is 3.11 bits per heavy atom. The number of hydrogen-bond donors (Lipinski definition) is 2. The minimum atomic E-state index is -0.354. The van der Waals surface area contributed by atoms with Crippen molar-refractivity contribution in [1.82, 2.24) is 5.32 Å². The second-order valence-electron chi connectivity index (χ2n) is 4.08. The van der Waals surface area contributed by atoms with E-state index in [4.69, 9.17) is 4.74 Å². The van der Waals surface area contributed by atoms with E-state index in [-0.39, 0.29) is 17.8 Å². The van der Waals surface area contributed by atoms with Gasteiger partial charge in [0.15, 0.2) is 0 Å². The number of carbonyl (C=O) groups excluding carboxylic acids is 1. The van der Waals surface area contributed by atoms with Gasteiger partial charge in [0, 0.05) is 18.8 Å². The number of anilines is 1. The SMILES string of the molecule is O=C(CC1CNCCO1)Nc1ccc(F)c(Br)c1. The van der Waals surface area contributed by atoms with Gasteiger partial charge in [-0.3, -0.25) is 4.79 Å². The normalized spacial score (nSPS) is 19.6. The molecule has 98 valence electrons. The molecule has 1 aromatic carbocycles. The van der Waals surface area contributed by atoms with Crippen molar-refractivity contribution in [3.63, 3.8) is 0 Å². The molecule has 6 heteroatoms. The maximum absolute atomic E-state index is 13.0. The van der Waals surface area contributed by atoms with Crippen LogP contribution in [0.3, 0.4) is 0 Å². The molecule has 1 aliphatic heterocycles. The number of rotatable bonds is 3. The molecule has 1 aliphatic rings. The topological polar surface area (TPSA) is 50.4 Å². The molecule has 1 saturated heterocycles. The molecule has 0 radical (unpaired) electrons. The molecule has 0 aliphatic carbocycles. The van der Waals surface area contributed by atoms with Crippen molar-refractivity contribution in [2.24, 2.45) is 0 Å². The summed E-state index contributed by atoms with van der Waals surface area (Å²) < 4.78 is 18.8. The molecule has 1 amide bonds. The first-order chi connectivity index (χ1) is 8.65. The predicted molar refractivity (Wildman–Crippen MR) is 70.0 cm³/mol. The van der Waals surface area contributed by atoms with E-state index in [1.807, 2.05) is 0 Å². The van der Waals surface area contributed by atoms with E-state index >= 15 is 0 Å². The first kappa shape index (κ1) is 13.5. The summed E-state index contributed by atoms with van der Waals surface area (Å²) in [5, 5.41) is 5.87. The van der Waals surface area contributed by atoms with Gasteiger partial charge >= 0.3 is 0 Å². The fourth-order valence-electron chi connectivity index (χ4n) is 1.74. The largest absolute Gasteiger partial charge is 0.375 e. The summed E-state index contributed by atoms with van der Waals surface area (Å²) in [5.74, 6) is -0.491. The molecule has 0 bridgehead atoms. The van der Waals surface area contributed by atoms with E-state index in [2.05, 4.69) is 26.6 Å². The van der Waals surface area contributed by atoms with E-state index in [1.165, 1.54) is 18.2 Å². The van der Waals surface area contributed by atoms with Crippen LogP contribution >= 0.6 is 15.9 Å². The third-order valence-electron chi connectivity index (χ3n) is 2.62. The summed E-state index contributed by atoms with van der Waals surface area (Å²) in [4.78, 5) is 11.7. The van der Waals surface area contributed by atoms with Gasteiger partial charge in [0.25, 0.3) is 0 Å². The highest BCUT2D eigenvalue weighted by molar-refractivity contribution is 9.10. The zero-order chi connectivity index (χ0) is 13.0. The maximum Gasteiger partial charge on any atom is 0.227 e. The van der Waals surface area contributed by atoms with Gasteiger partial charge in [0.2, 0.25) is 5.91 Å². The van der Waals surface area contributed by atoms with E-state index in [0.717, 1.165) is 6.54 Å². The Balaban J connectivity index is 1.88. The van der Waals surface area contributed by atoms with Gasteiger partial charge in [-0.25, -0.2) is 4.39 Å². The molecule has 1 fully saturated rings. The number of nitrogens with one attached hydrogen (secondary N) is 2. The molecule has 18 heavy (non-hydrogen) atoms. The van der Waals surface area contributed by atoms with Crippen molar-refractivity contribution in [3.05, 3.63) is 28.5 Å². The second kappa shape index (κ2) is 6.26. The average molecular weight is 317 g/mol. The molecule has 1 aromatic rings. The van der Waals surface area contributed by atoms with Crippen LogP contribution in [0.1, 0.15) is 6.42 Å². The monoisotopic (exact) mass is 316 g/mol. The fraction of sp³-hybridized carbons (Fsp3) is 0.417. The van der Waals surface area contributed by atoms with Gasteiger partial charge < -0.3 is 15.4 Å². The van der Waals surface area contributed by atoms with Crippen LogP contribution in [0, 0.1) is 5.82 Å². The number of benzene rings is 1. The molecule has 4 nitrogen and oxygen atoms in total. The number of ether oxygens (including phenoxy) is 1. The van der Waals surface area contributed by atoms with E-state index in [9.17, 15) is 9.18 Å². The summed E-state index contributed by atoms with van der Waals surface area (Å²) in [6.45, 7) is 2.13. The minimum Gasteiger partial charge on any atom is -0.375 e. The lowest BCUT2D eigenvalue weighted by atomic mass is 10.2. The Kier molecular flexibility index (Phi) is 4.68. The zero-order valence-electron chi connectivity index (χ0n) is 9.71. The molecular formula is C12H14BrFN2O2. The zero-order valence-corrected chi connectivity index (χ0v) is 11.3. The Bertz CT molecular complexity index is 436. The van der Waals surface area contributed by atoms with Gasteiger partial charge in [-0.2, -0.15) is 0 Å². The van der Waals surface area contributed by atoms with E-state index in [1.54, 1.807) is 0 Å². The quantitative estimate of drug-likeness (QED) is 0.895. The summed E-state index contributed by atoms with van der Waals surface area (Å²) in [6.07, 6.45) is 0.199. The maximum atomic E-state index is 13.0. The molecule has 1 unspecified atom stereocenters. The van der Waals surface area contributed by atoms with Crippen LogP contribution in [0.15, 0.2) is 22.7 Å².